The summed E-state index contributed by atoms with van der Waals surface area (Å²) in [5.74, 6) is -0.409. The van der Waals surface area contributed by atoms with Crippen LogP contribution < -0.4 is 5.32 Å². The van der Waals surface area contributed by atoms with Gasteiger partial charge in [0.2, 0.25) is 0 Å². The summed E-state index contributed by atoms with van der Waals surface area (Å²) in [6.07, 6.45) is 6.02. The molecule has 1 unspecified atom stereocenters. The Bertz CT molecular complexity index is 1100. The Hall–Kier alpha value is -3.26. The Morgan fingerprint density at radius 1 is 1.12 bits per heavy atom. The van der Waals surface area contributed by atoms with E-state index in [1.807, 2.05) is 6.07 Å². The number of aliphatic imine (C=N–C) groups is 1. The Labute approximate surface area is 150 Å². The van der Waals surface area contributed by atoms with E-state index in [0.717, 1.165) is 9.54 Å². The van der Waals surface area contributed by atoms with E-state index in [4.69, 9.17) is 0 Å². The van der Waals surface area contributed by atoms with Crippen molar-refractivity contribution in [3.05, 3.63) is 78.4 Å². The smallest absolute Gasteiger partial charge is 0.274 e. The number of rotatable bonds is 5. The summed E-state index contributed by atoms with van der Waals surface area (Å²) in [5, 5.41) is 2.64. The molecule has 26 heavy (non-hydrogen) atoms. The van der Waals surface area contributed by atoms with Gasteiger partial charge in [0.05, 0.1) is 10.6 Å². The molecule has 8 heteroatoms. The van der Waals surface area contributed by atoms with E-state index in [1.54, 1.807) is 36.5 Å². The SMILES string of the molecule is O=C(Nc1ccn(S(=O)(=O)c2cccc(C3C=N3)c2)c1)c1ccccn1. The largest absolute Gasteiger partial charge is 0.319 e. The number of amides is 1. The summed E-state index contributed by atoms with van der Waals surface area (Å²) in [5.41, 5.74) is 1.45. The van der Waals surface area contributed by atoms with Crippen LogP contribution in [0.25, 0.3) is 0 Å². The minimum absolute atomic E-state index is 0.0250. The number of benzene rings is 1. The zero-order chi connectivity index (χ0) is 18.1. The number of nitrogens with zero attached hydrogens (tertiary/aromatic N) is 3. The number of carbonyl (C=O) groups is 1. The molecule has 130 valence electrons. The lowest BCUT2D eigenvalue weighted by Crippen LogP contribution is -2.14. The second kappa shape index (κ2) is 6.23. The van der Waals surface area contributed by atoms with Crippen molar-refractivity contribution in [1.82, 2.24) is 8.96 Å². The van der Waals surface area contributed by atoms with E-state index < -0.39 is 15.9 Å². The molecule has 0 saturated heterocycles. The van der Waals surface area contributed by atoms with Crippen LogP contribution in [0.3, 0.4) is 0 Å². The first-order chi connectivity index (χ1) is 12.5. The molecule has 3 heterocycles. The lowest BCUT2D eigenvalue weighted by atomic mass is 10.1. The van der Waals surface area contributed by atoms with Crippen LogP contribution in [0.1, 0.15) is 22.1 Å². The number of anilines is 1. The highest BCUT2D eigenvalue weighted by atomic mass is 32.2. The molecule has 1 aliphatic heterocycles. The normalized spacial score (nSPS) is 15.6. The van der Waals surface area contributed by atoms with Gasteiger partial charge in [0, 0.05) is 24.8 Å². The number of carbonyl (C=O) groups excluding carboxylic acids is 1. The minimum atomic E-state index is -3.75. The molecule has 3 aromatic rings. The van der Waals surface area contributed by atoms with Crippen LogP contribution >= 0.6 is 0 Å². The van der Waals surface area contributed by atoms with Crippen molar-refractivity contribution in [2.75, 3.05) is 5.32 Å². The lowest BCUT2D eigenvalue weighted by molar-refractivity contribution is 0.102. The maximum absolute atomic E-state index is 12.8. The van der Waals surface area contributed by atoms with Crippen molar-refractivity contribution in [1.29, 1.82) is 0 Å². The van der Waals surface area contributed by atoms with Crippen molar-refractivity contribution in [2.45, 2.75) is 10.9 Å². The second-order valence-electron chi connectivity index (χ2n) is 5.72. The summed E-state index contributed by atoms with van der Waals surface area (Å²) >= 11 is 0. The van der Waals surface area contributed by atoms with E-state index in [9.17, 15) is 13.2 Å². The fourth-order valence-electron chi connectivity index (χ4n) is 2.49. The van der Waals surface area contributed by atoms with Crippen molar-refractivity contribution in [2.24, 2.45) is 4.99 Å². The molecule has 1 aromatic carbocycles. The molecule has 7 nitrogen and oxygen atoms in total. The van der Waals surface area contributed by atoms with Gasteiger partial charge in [-0.1, -0.05) is 18.2 Å². The Morgan fingerprint density at radius 2 is 1.96 bits per heavy atom. The second-order valence-corrected chi connectivity index (χ2v) is 7.56. The topological polar surface area (TPSA) is 93.4 Å². The van der Waals surface area contributed by atoms with E-state index in [2.05, 4.69) is 15.3 Å². The molecule has 0 fully saturated rings. The van der Waals surface area contributed by atoms with Gasteiger partial charge in [0.15, 0.2) is 0 Å². The number of nitrogens with one attached hydrogen (secondary N) is 1. The highest BCUT2D eigenvalue weighted by molar-refractivity contribution is 7.90. The Balaban J connectivity index is 1.57. The maximum atomic E-state index is 12.8. The molecule has 0 radical (unpaired) electrons. The van der Waals surface area contributed by atoms with Crippen LogP contribution in [-0.4, -0.2) is 29.5 Å². The van der Waals surface area contributed by atoms with Gasteiger partial charge in [-0.05, 0) is 35.9 Å². The summed E-state index contributed by atoms with van der Waals surface area (Å²) < 4.78 is 26.7. The predicted octanol–water partition coefficient (Wildman–Crippen LogP) is 2.50. The standard InChI is InChI=1S/C18H14N4O3S/c23-18(16-6-1-2-8-19-16)21-14-7-9-22(12-14)26(24,25)15-5-3-4-13(10-15)17-11-20-17/h1-12,17H,(H,21,23). The van der Waals surface area contributed by atoms with Crippen molar-refractivity contribution in [3.63, 3.8) is 0 Å². The molecule has 4 rings (SSSR count). The Morgan fingerprint density at radius 3 is 2.69 bits per heavy atom. The molecule has 2 aromatic heterocycles. The molecule has 1 N–H and O–H groups in total. The van der Waals surface area contributed by atoms with Crippen LogP contribution in [0.5, 0.6) is 0 Å². The van der Waals surface area contributed by atoms with Gasteiger partial charge >= 0.3 is 0 Å². The fourth-order valence-corrected chi connectivity index (χ4v) is 3.74. The minimum Gasteiger partial charge on any atom is -0.319 e. The highest BCUT2D eigenvalue weighted by Crippen LogP contribution is 2.27. The fraction of sp³-hybridized carbons (Fsp3) is 0.0556. The third kappa shape index (κ3) is 3.14. The molecular weight excluding hydrogens is 352 g/mol. The van der Waals surface area contributed by atoms with Gasteiger partial charge in [0.1, 0.15) is 11.7 Å². The number of hydrogen-bond donors (Lipinski definition) is 1. The molecule has 0 saturated carbocycles. The van der Waals surface area contributed by atoms with E-state index in [-0.39, 0.29) is 16.6 Å². The van der Waals surface area contributed by atoms with Crippen LogP contribution in [0.4, 0.5) is 5.69 Å². The van der Waals surface area contributed by atoms with Crippen LogP contribution in [0, 0.1) is 0 Å². The average Bonchev–Trinajstić information content (AvgIpc) is 3.41. The van der Waals surface area contributed by atoms with Crippen molar-refractivity contribution >= 4 is 27.8 Å². The first-order valence-electron chi connectivity index (χ1n) is 7.83. The Kier molecular flexibility index (Phi) is 3.89. The first-order valence-corrected chi connectivity index (χ1v) is 9.27. The van der Waals surface area contributed by atoms with Gasteiger partial charge in [0.25, 0.3) is 15.9 Å². The van der Waals surface area contributed by atoms with E-state index in [0.29, 0.717) is 5.69 Å². The summed E-state index contributed by atoms with van der Waals surface area (Å²) in [7, 11) is -3.75. The number of hydrogen-bond acceptors (Lipinski definition) is 5. The zero-order valence-corrected chi connectivity index (χ0v) is 14.3. The third-order valence-corrected chi connectivity index (χ3v) is 5.53. The van der Waals surface area contributed by atoms with Gasteiger partial charge in [-0.25, -0.2) is 12.4 Å². The average molecular weight is 366 g/mol. The van der Waals surface area contributed by atoms with Crippen LogP contribution in [0.2, 0.25) is 0 Å². The first kappa shape index (κ1) is 16.2. The molecule has 0 aliphatic carbocycles. The molecule has 0 spiro atoms. The van der Waals surface area contributed by atoms with E-state index in [1.165, 1.54) is 30.7 Å². The highest BCUT2D eigenvalue weighted by Gasteiger charge is 2.21. The monoisotopic (exact) mass is 366 g/mol. The van der Waals surface area contributed by atoms with Crippen LogP contribution in [0.15, 0.2) is 77.0 Å². The third-order valence-electron chi connectivity index (χ3n) is 3.90. The number of aromatic nitrogens is 2. The predicted molar refractivity (Wildman–Crippen MR) is 96.9 cm³/mol. The molecular formula is C18H14N4O3S. The molecule has 1 atom stereocenters. The van der Waals surface area contributed by atoms with Gasteiger partial charge in [-0.15, -0.1) is 0 Å². The molecule has 0 bridgehead atoms. The lowest BCUT2D eigenvalue weighted by Gasteiger charge is -2.07. The zero-order valence-electron chi connectivity index (χ0n) is 13.5. The van der Waals surface area contributed by atoms with Gasteiger partial charge in [-0.3, -0.25) is 14.8 Å². The quantitative estimate of drug-likeness (QED) is 0.751. The summed E-state index contributed by atoms with van der Waals surface area (Å²) in [4.78, 5) is 20.3. The number of pyridine rings is 1. The molecule has 1 aliphatic rings. The molecule has 1 amide bonds. The summed E-state index contributed by atoms with van der Waals surface area (Å²) in [6.45, 7) is 0. The van der Waals surface area contributed by atoms with Gasteiger partial charge in [-0.2, -0.15) is 0 Å². The maximum Gasteiger partial charge on any atom is 0.274 e. The van der Waals surface area contributed by atoms with Gasteiger partial charge < -0.3 is 5.32 Å². The van der Waals surface area contributed by atoms with E-state index >= 15 is 0 Å². The summed E-state index contributed by atoms with van der Waals surface area (Å²) in [6, 6.07) is 13.2. The van der Waals surface area contributed by atoms with Crippen LogP contribution in [-0.2, 0) is 10.0 Å². The van der Waals surface area contributed by atoms with Crippen molar-refractivity contribution in [3.8, 4) is 0 Å². The van der Waals surface area contributed by atoms with Crippen molar-refractivity contribution < 1.29 is 13.2 Å².